The maximum Gasteiger partial charge on any atom is 0.256 e. The summed E-state index contributed by atoms with van der Waals surface area (Å²) in [6.07, 6.45) is 4.47. The van der Waals surface area contributed by atoms with Crippen molar-refractivity contribution in [3.63, 3.8) is 0 Å². The van der Waals surface area contributed by atoms with Crippen LogP contribution in [0, 0.1) is 0 Å². The fourth-order valence-electron chi connectivity index (χ4n) is 1.38. The SMILES string of the molecule is CCc1ccc(-n2ccccc2=O)nc1. The summed E-state index contributed by atoms with van der Waals surface area (Å²) in [6.45, 7) is 2.07. The van der Waals surface area contributed by atoms with E-state index in [1.54, 1.807) is 18.5 Å². The molecule has 76 valence electrons. The summed E-state index contributed by atoms with van der Waals surface area (Å²) in [4.78, 5) is 15.7. The Hall–Kier alpha value is -1.90. The van der Waals surface area contributed by atoms with Gasteiger partial charge in [-0.2, -0.15) is 0 Å². The van der Waals surface area contributed by atoms with Crippen molar-refractivity contribution >= 4 is 0 Å². The highest BCUT2D eigenvalue weighted by Gasteiger charge is 1.98. The lowest BCUT2D eigenvalue weighted by Gasteiger charge is -2.04. The van der Waals surface area contributed by atoms with Crippen LogP contribution in [0.5, 0.6) is 0 Å². The minimum absolute atomic E-state index is 0.0609. The van der Waals surface area contributed by atoms with Gasteiger partial charge in [0.1, 0.15) is 5.82 Å². The molecule has 2 aromatic heterocycles. The molecule has 0 aliphatic heterocycles. The molecule has 0 saturated heterocycles. The van der Waals surface area contributed by atoms with Crippen LogP contribution in [0.3, 0.4) is 0 Å². The van der Waals surface area contributed by atoms with Gasteiger partial charge in [-0.3, -0.25) is 9.36 Å². The summed E-state index contributed by atoms with van der Waals surface area (Å²) >= 11 is 0. The lowest BCUT2D eigenvalue weighted by atomic mass is 10.2. The van der Waals surface area contributed by atoms with E-state index < -0.39 is 0 Å². The topological polar surface area (TPSA) is 34.9 Å². The average molecular weight is 200 g/mol. The maximum atomic E-state index is 11.5. The number of aromatic nitrogens is 2. The van der Waals surface area contributed by atoms with E-state index in [1.165, 1.54) is 16.2 Å². The third-order valence-electron chi connectivity index (χ3n) is 2.29. The molecule has 15 heavy (non-hydrogen) atoms. The predicted molar refractivity (Wildman–Crippen MR) is 59.2 cm³/mol. The standard InChI is InChI=1S/C12H12N2O/c1-2-10-6-7-11(13-9-10)14-8-4-3-5-12(14)15/h3-9H,2H2,1H3. The number of hydrogen-bond donors (Lipinski definition) is 0. The van der Waals surface area contributed by atoms with Crippen LogP contribution in [0.4, 0.5) is 0 Å². The fraction of sp³-hybridized carbons (Fsp3) is 0.167. The van der Waals surface area contributed by atoms with E-state index in [4.69, 9.17) is 0 Å². The first-order chi connectivity index (χ1) is 7.31. The van der Waals surface area contributed by atoms with Crippen LogP contribution in [0.2, 0.25) is 0 Å². The van der Waals surface area contributed by atoms with E-state index >= 15 is 0 Å². The van der Waals surface area contributed by atoms with Crippen molar-refractivity contribution in [1.29, 1.82) is 0 Å². The van der Waals surface area contributed by atoms with E-state index in [0.717, 1.165) is 6.42 Å². The molecule has 0 spiro atoms. The molecule has 2 rings (SSSR count). The van der Waals surface area contributed by atoms with E-state index in [9.17, 15) is 4.79 Å². The van der Waals surface area contributed by atoms with Gasteiger partial charge in [0.25, 0.3) is 5.56 Å². The molecular formula is C12H12N2O. The molecule has 3 nitrogen and oxygen atoms in total. The van der Waals surface area contributed by atoms with Gasteiger partial charge in [-0.1, -0.05) is 19.1 Å². The van der Waals surface area contributed by atoms with Crippen LogP contribution in [-0.2, 0) is 6.42 Å². The Morgan fingerprint density at radius 1 is 1.27 bits per heavy atom. The van der Waals surface area contributed by atoms with Gasteiger partial charge in [0.15, 0.2) is 0 Å². The predicted octanol–water partition coefficient (Wildman–Crippen LogP) is 1.79. The molecule has 0 unspecified atom stereocenters. The molecule has 2 aromatic rings. The molecule has 0 aromatic carbocycles. The van der Waals surface area contributed by atoms with Crippen LogP contribution in [0.15, 0.2) is 47.5 Å². The molecule has 0 saturated carbocycles. The molecular weight excluding hydrogens is 188 g/mol. The molecule has 0 atom stereocenters. The van der Waals surface area contributed by atoms with E-state index in [2.05, 4.69) is 11.9 Å². The number of aryl methyl sites for hydroxylation is 1. The summed E-state index contributed by atoms with van der Waals surface area (Å²) < 4.78 is 1.53. The molecule has 0 radical (unpaired) electrons. The zero-order valence-corrected chi connectivity index (χ0v) is 8.55. The number of rotatable bonds is 2. The van der Waals surface area contributed by atoms with Crippen molar-refractivity contribution in [2.45, 2.75) is 13.3 Å². The maximum absolute atomic E-state index is 11.5. The molecule has 0 N–H and O–H groups in total. The minimum Gasteiger partial charge on any atom is -0.269 e. The Kier molecular flexibility index (Phi) is 2.63. The Morgan fingerprint density at radius 3 is 2.73 bits per heavy atom. The second kappa shape index (κ2) is 4.09. The number of hydrogen-bond acceptors (Lipinski definition) is 2. The van der Waals surface area contributed by atoms with Crippen molar-refractivity contribution in [2.24, 2.45) is 0 Å². The molecule has 3 heteroatoms. The lowest BCUT2D eigenvalue weighted by molar-refractivity contribution is 0.932. The summed E-state index contributed by atoms with van der Waals surface area (Å²) in [6, 6.07) is 8.91. The van der Waals surface area contributed by atoms with Crippen molar-refractivity contribution in [1.82, 2.24) is 9.55 Å². The van der Waals surface area contributed by atoms with Crippen molar-refractivity contribution < 1.29 is 0 Å². The van der Waals surface area contributed by atoms with Crippen LogP contribution >= 0.6 is 0 Å². The normalized spacial score (nSPS) is 10.2. The number of nitrogens with zero attached hydrogens (tertiary/aromatic N) is 2. The largest absolute Gasteiger partial charge is 0.269 e. The zero-order chi connectivity index (χ0) is 10.7. The fourth-order valence-corrected chi connectivity index (χ4v) is 1.38. The average Bonchev–Trinajstić information content (AvgIpc) is 2.30. The Morgan fingerprint density at radius 2 is 2.13 bits per heavy atom. The summed E-state index contributed by atoms with van der Waals surface area (Å²) in [5, 5.41) is 0. The van der Waals surface area contributed by atoms with Gasteiger partial charge >= 0.3 is 0 Å². The third kappa shape index (κ3) is 1.96. The highest BCUT2D eigenvalue weighted by molar-refractivity contribution is 5.25. The van der Waals surface area contributed by atoms with Gasteiger partial charge in [-0.25, -0.2) is 4.98 Å². The second-order valence-electron chi connectivity index (χ2n) is 3.29. The molecule has 0 aliphatic carbocycles. The quantitative estimate of drug-likeness (QED) is 0.740. The van der Waals surface area contributed by atoms with Crippen molar-refractivity contribution in [2.75, 3.05) is 0 Å². The van der Waals surface area contributed by atoms with Gasteiger partial charge in [-0.05, 0) is 24.1 Å². The van der Waals surface area contributed by atoms with Gasteiger partial charge in [-0.15, -0.1) is 0 Å². The first kappa shape index (κ1) is 9.65. The van der Waals surface area contributed by atoms with Gasteiger partial charge in [0.05, 0.1) is 0 Å². The molecule has 0 fully saturated rings. The van der Waals surface area contributed by atoms with Crippen molar-refractivity contribution in [3.05, 3.63) is 58.6 Å². The van der Waals surface area contributed by atoms with Crippen LogP contribution in [0.25, 0.3) is 5.82 Å². The highest BCUT2D eigenvalue weighted by Crippen LogP contribution is 2.03. The highest BCUT2D eigenvalue weighted by atomic mass is 16.1. The summed E-state index contributed by atoms with van der Waals surface area (Å²) in [5.41, 5.74) is 1.11. The van der Waals surface area contributed by atoms with Gasteiger partial charge < -0.3 is 0 Å². The van der Waals surface area contributed by atoms with E-state index in [0.29, 0.717) is 5.82 Å². The van der Waals surface area contributed by atoms with Crippen LogP contribution < -0.4 is 5.56 Å². The monoisotopic (exact) mass is 200 g/mol. The van der Waals surface area contributed by atoms with Crippen LogP contribution in [-0.4, -0.2) is 9.55 Å². The van der Waals surface area contributed by atoms with Gasteiger partial charge in [0, 0.05) is 18.5 Å². The second-order valence-corrected chi connectivity index (χ2v) is 3.29. The molecule has 0 amide bonds. The van der Waals surface area contributed by atoms with E-state index in [1.807, 2.05) is 18.2 Å². The Labute approximate surface area is 88.0 Å². The van der Waals surface area contributed by atoms with Crippen LogP contribution in [0.1, 0.15) is 12.5 Å². The van der Waals surface area contributed by atoms with E-state index in [-0.39, 0.29) is 5.56 Å². The first-order valence-corrected chi connectivity index (χ1v) is 4.94. The Balaban J connectivity index is 2.46. The number of pyridine rings is 2. The summed E-state index contributed by atoms with van der Waals surface area (Å²) in [5.74, 6) is 0.665. The molecule has 0 aliphatic rings. The van der Waals surface area contributed by atoms with Gasteiger partial charge in [0.2, 0.25) is 0 Å². The lowest BCUT2D eigenvalue weighted by Crippen LogP contribution is -2.16. The zero-order valence-electron chi connectivity index (χ0n) is 8.55. The Bertz CT molecular complexity index is 500. The minimum atomic E-state index is -0.0609. The molecule has 2 heterocycles. The smallest absolute Gasteiger partial charge is 0.256 e. The third-order valence-corrected chi connectivity index (χ3v) is 2.29. The summed E-state index contributed by atoms with van der Waals surface area (Å²) in [7, 11) is 0. The molecule has 0 bridgehead atoms. The van der Waals surface area contributed by atoms with Crippen molar-refractivity contribution in [3.8, 4) is 5.82 Å². The first-order valence-electron chi connectivity index (χ1n) is 4.94.